The van der Waals surface area contributed by atoms with Crippen LogP contribution in [0.15, 0.2) is 18.2 Å². The molecule has 0 fully saturated rings. The molecule has 0 spiro atoms. The number of hydrogen-bond acceptors (Lipinski definition) is 4. The van der Waals surface area contributed by atoms with Gasteiger partial charge in [0.2, 0.25) is 0 Å². The summed E-state index contributed by atoms with van der Waals surface area (Å²) in [5, 5.41) is 0. The van der Waals surface area contributed by atoms with E-state index in [9.17, 15) is 0 Å². The average molecular weight is 281 g/mol. The summed E-state index contributed by atoms with van der Waals surface area (Å²) in [4.78, 5) is 0. The molecule has 20 heavy (non-hydrogen) atoms. The van der Waals surface area contributed by atoms with Crippen LogP contribution < -0.4 is 15.2 Å². The smallest absolute Gasteiger partial charge is 0.161 e. The largest absolute Gasteiger partial charge is 0.493 e. The molecular weight excluding hydrogens is 254 g/mol. The van der Waals surface area contributed by atoms with Crippen LogP contribution in [-0.2, 0) is 11.2 Å². The van der Waals surface area contributed by atoms with Gasteiger partial charge in [-0.3, -0.25) is 0 Å². The molecule has 1 aromatic rings. The first-order chi connectivity index (χ1) is 9.67. The Hall–Kier alpha value is -1.26. The quantitative estimate of drug-likeness (QED) is 0.670. The Morgan fingerprint density at radius 1 is 1.15 bits per heavy atom. The number of ether oxygens (including phenoxy) is 3. The minimum Gasteiger partial charge on any atom is -0.493 e. The van der Waals surface area contributed by atoms with Gasteiger partial charge in [-0.2, -0.15) is 0 Å². The highest BCUT2D eigenvalue weighted by atomic mass is 16.5. The molecule has 0 aromatic heterocycles. The van der Waals surface area contributed by atoms with E-state index < -0.39 is 0 Å². The highest BCUT2D eigenvalue weighted by molar-refractivity contribution is 5.43. The number of methoxy groups -OCH3 is 1. The zero-order chi connectivity index (χ0) is 14.8. The van der Waals surface area contributed by atoms with Crippen molar-refractivity contribution in [1.82, 2.24) is 0 Å². The lowest BCUT2D eigenvalue weighted by Crippen LogP contribution is -2.17. The van der Waals surface area contributed by atoms with Crippen molar-refractivity contribution in [2.75, 3.05) is 26.9 Å². The van der Waals surface area contributed by atoms with Crippen molar-refractivity contribution in [1.29, 1.82) is 0 Å². The van der Waals surface area contributed by atoms with Crippen LogP contribution in [0.25, 0.3) is 0 Å². The Labute approximate surface area is 122 Å². The highest BCUT2D eigenvalue weighted by Gasteiger charge is 2.07. The minimum atomic E-state index is 0.133. The maximum atomic E-state index is 5.82. The first-order valence-electron chi connectivity index (χ1n) is 7.30. The van der Waals surface area contributed by atoms with E-state index in [-0.39, 0.29) is 6.04 Å². The zero-order valence-corrected chi connectivity index (χ0v) is 12.9. The van der Waals surface area contributed by atoms with Gasteiger partial charge in [-0.25, -0.2) is 0 Å². The van der Waals surface area contributed by atoms with Crippen molar-refractivity contribution in [3.05, 3.63) is 23.8 Å². The molecule has 4 nitrogen and oxygen atoms in total. The molecule has 1 unspecified atom stereocenters. The summed E-state index contributed by atoms with van der Waals surface area (Å²) in [5.74, 6) is 1.50. The first-order valence-corrected chi connectivity index (χ1v) is 7.30. The molecule has 1 atom stereocenters. The molecule has 0 radical (unpaired) electrons. The predicted octanol–water partition coefficient (Wildman–Crippen LogP) is 2.78. The summed E-state index contributed by atoms with van der Waals surface area (Å²) in [6, 6.07) is 6.07. The zero-order valence-electron chi connectivity index (χ0n) is 12.9. The van der Waals surface area contributed by atoms with Crippen molar-refractivity contribution in [2.45, 2.75) is 39.2 Å². The fourth-order valence-corrected chi connectivity index (χ4v) is 1.89. The standard InChI is InChI=1S/C16H27NO3/c1-4-5-8-19-9-10-20-16-12-14(11-13(2)17)6-7-15(16)18-3/h6-7,12-13H,4-5,8-11,17H2,1-3H3. The van der Waals surface area contributed by atoms with Gasteiger partial charge in [-0.1, -0.05) is 19.4 Å². The van der Waals surface area contributed by atoms with Gasteiger partial charge in [0.25, 0.3) is 0 Å². The Bertz CT molecular complexity index is 380. The summed E-state index contributed by atoms with van der Waals surface area (Å²) in [6.07, 6.45) is 3.06. The molecule has 0 bridgehead atoms. The number of hydrogen-bond donors (Lipinski definition) is 1. The molecule has 0 amide bonds. The normalized spacial score (nSPS) is 12.2. The average Bonchev–Trinajstić information content (AvgIpc) is 2.42. The van der Waals surface area contributed by atoms with Crippen LogP contribution in [0.2, 0.25) is 0 Å². The Kier molecular flexibility index (Phi) is 8.07. The SMILES string of the molecule is CCCCOCCOc1cc(CC(C)N)ccc1OC. The molecule has 0 heterocycles. The molecule has 2 N–H and O–H groups in total. The third kappa shape index (κ3) is 6.26. The van der Waals surface area contributed by atoms with E-state index in [4.69, 9.17) is 19.9 Å². The Morgan fingerprint density at radius 3 is 2.60 bits per heavy atom. The van der Waals surface area contributed by atoms with E-state index in [2.05, 4.69) is 6.92 Å². The monoisotopic (exact) mass is 281 g/mol. The van der Waals surface area contributed by atoms with Crippen molar-refractivity contribution in [3.63, 3.8) is 0 Å². The third-order valence-electron chi connectivity index (χ3n) is 2.91. The lowest BCUT2D eigenvalue weighted by molar-refractivity contribution is 0.0970. The van der Waals surface area contributed by atoms with Gasteiger partial charge in [0, 0.05) is 12.6 Å². The summed E-state index contributed by atoms with van der Waals surface area (Å²) < 4.78 is 16.5. The van der Waals surface area contributed by atoms with Crippen molar-refractivity contribution >= 4 is 0 Å². The molecule has 0 aliphatic heterocycles. The summed E-state index contributed by atoms with van der Waals surface area (Å²) >= 11 is 0. The van der Waals surface area contributed by atoms with E-state index in [0.29, 0.717) is 13.2 Å². The van der Waals surface area contributed by atoms with E-state index in [1.807, 2.05) is 25.1 Å². The van der Waals surface area contributed by atoms with Crippen molar-refractivity contribution in [2.24, 2.45) is 5.73 Å². The van der Waals surface area contributed by atoms with E-state index in [1.54, 1.807) is 7.11 Å². The second kappa shape index (κ2) is 9.61. The van der Waals surface area contributed by atoms with E-state index in [1.165, 1.54) is 0 Å². The van der Waals surface area contributed by atoms with Gasteiger partial charge in [0.05, 0.1) is 13.7 Å². The van der Waals surface area contributed by atoms with Crippen LogP contribution in [0, 0.1) is 0 Å². The van der Waals surface area contributed by atoms with Gasteiger partial charge >= 0.3 is 0 Å². The maximum absolute atomic E-state index is 5.82. The summed E-state index contributed by atoms with van der Waals surface area (Å²) in [5.41, 5.74) is 6.98. The second-order valence-electron chi connectivity index (χ2n) is 4.98. The molecule has 0 aliphatic carbocycles. The molecular formula is C16H27NO3. The Balaban J connectivity index is 2.48. The van der Waals surface area contributed by atoms with Gasteiger partial charge in [-0.05, 0) is 37.5 Å². The number of nitrogens with two attached hydrogens (primary N) is 1. The lowest BCUT2D eigenvalue weighted by Gasteiger charge is -2.13. The minimum absolute atomic E-state index is 0.133. The molecule has 114 valence electrons. The summed E-state index contributed by atoms with van der Waals surface area (Å²) in [7, 11) is 1.64. The molecule has 0 saturated carbocycles. The van der Waals surface area contributed by atoms with Crippen LogP contribution in [0.5, 0.6) is 11.5 Å². The number of rotatable bonds is 10. The third-order valence-corrected chi connectivity index (χ3v) is 2.91. The topological polar surface area (TPSA) is 53.7 Å². The second-order valence-corrected chi connectivity index (χ2v) is 4.98. The van der Waals surface area contributed by atoms with Crippen molar-refractivity contribution in [3.8, 4) is 11.5 Å². The van der Waals surface area contributed by atoms with Crippen LogP contribution in [0.3, 0.4) is 0 Å². The number of unbranched alkanes of at least 4 members (excludes halogenated alkanes) is 1. The fourth-order valence-electron chi connectivity index (χ4n) is 1.89. The van der Waals surface area contributed by atoms with Gasteiger partial charge in [0.15, 0.2) is 11.5 Å². The molecule has 0 aliphatic rings. The molecule has 4 heteroatoms. The summed E-state index contributed by atoms with van der Waals surface area (Å²) in [6.45, 7) is 6.06. The van der Waals surface area contributed by atoms with Crippen LogP contribution in [-0.4, -0.2) is 33.0 Å². The highest BCUT2D eigenvalue weighted by Crippen LogP contribution is 2.28. The van der Waals surface area contributed by atoms with Gasteiger partial charge < -0.3 is 19.9 Å². The van der Waals surface area contributed by atoms with Crippen molar-refractivity contribution < 1.29 is 14.2 Å². The van der Waals surface area contributed by atoms with Crippen LogP contribution >= 0.6 is 0 Å². The van der Waals surface area contributed by atoms with Gasteiger partial charge in [-0.15, -0.1) is 0 Å². The molecule has 1 rings (SSSR count). The lowest BCUT2D eigenvalue weighted by atomic mass is 10.1. The van der Waals surface area contributed by atoms with Crippen LogP contribution in [0.1, 0.15) is 32.3 Å². The van der Waals surface area contributed by atoms with Crippen LogP contribution in [0.4, 0.5) is 0 Å². The predicted molar refractivity (Wildman–Crippen MR) is 81.6 cm³/mol. The van der Waals surface area contributed by atoms with E-state index in [0.717, 1.165) is 42.9 Å². The van der Waals surface area contributed by atoms with Gasteiger partial charge in [0.1, 0.15) is 6.61 Å². The maximum Gasteiger partial charge on any atom is 0.161 e. The Morgan fingerprint density at radius 2 is 1.95 bits per heavy atom. The van der Waals surface area contributed by atoms with E-state index >= 15 is 0 Å². The fraction of sp³-hybridized carbons (Fsp3) is 0.625. The number of benzene rings is 1. The first kappa shape index (κ1) is 16.8. The molecule has 1 aromatic carbocycles. The molecule has 0 saturated heterocycles.